The van der Waals surface area contributed by atoms with Crippen LogP contribution in [0.25, 0.3) is 0 Å². The Hall–Kier alpha value is -1.62. The van der Waals surface area contributed by atoms with Crippen molar-refractivity contribution in [3.05, 3.63) is 38.9 Å². The monoisotopic (exact) mass is 228 g/mol. The number of hydrogen-bond acceptors (Lipinski definition) is 3. The molecule has 1 aromatic carbocycles. The molecule has 5 nitrogen and oxygen atoms in total. The first kappa shape index (κ1) is 11.5. The molecule has 0 unspecified atom stereocenters. The maximum absolute atomic E-state index is 11.6. The van der Waals surface area contributed by atoms with Crippen molar-refractivity contribution in [2.75, 3.05) is 14.1 Å². The quantitative estimate of drug-likeness (QED) is 0.574. The highest BCUT2D eigenvalue weighted by Gasteiger charge is 2.24. The van der Waals surface area contributed by atoms with E-state index in [2.05, 4.69) is 0 Å². The minimum atomic E-state index is -0.654. The van der Waals surface area contributed by atoms with Crippen molar-refractivity contribution < 1.29 is 9.72 Å². The van der Waals surface area contributed by atoms with Gasteiger partial charge in [0.25, 0.3) is 5.91 Å². The molecular weight excluding hydrogens is 220 g/mol. The number of rotatable bonds is 2. The van der Waals surface area contributed by atoms with Crippen molar-refractivity contribution in [3.63, 3.8) is 0 Å². The van der Waals surface area contributed by atoms with Crippen LogP contribution in [0.5, 0.6) is 0 Å². The van der Waals surface area contributed by atoms with Gasteiger partial charge in [-0.2, -0.15) is 0 Å². The minimum Gasteiger partial charge on any atom is -0.345 e. The zero-order chi connectivity index (χ0) is 11.6. The second-order valence-corrected chi connectivity index (χ2v) is 3.50. The average molecular weight is 229 g/mol. The lowest BCUT2D eigenvalue weighted by Crippen LogP contribution is -2.22. The number of halogens is 1. The molecule has 0 aliphatic heterocycles. The second-order valence-electron chi connectivity index (χ2n) is 3.09. The Bertz CT molecular complexity index is 418. The van der Waals surface area contributed by atoms with Crippen LogP contribution in [0.3, 0.4) is 0 Å². The highest BCUT2D eigenvalue weighted by atomic mass is 35.5. The van der Waals surface area contributed by atoms with Crippen LogP contribution in [0.15, 0.2) is 18.2 Å². The van der Waals surface area contributed by atoms with Crippen LogP contribution in [0.4, 0.5) is 5.69 Å². The Morgan fingerprint density at radius 1 is 1.47 bits per heavy atom. The fourth-order valence-corrected chi connectivity index (χ4v) is 1.36. The summed E-state index contributed by atoms with van der Waals surface area (Å²) < 4.78 is 0. The van der Waals surface area contributed by atoms with Crippen LogP contribution in [0.1, 0.15) is 10.4 Å². The fraction of sp³-hybridized carbons (Fsp3) is 0.222. The first-order valence-corrected chi connectivity index (χ1v) is 4.47. The summed E-state index contributed by atoms with van der Waals surface area (Å²) in [5, 5.41) is 10.7. The standard InChI is InChI=1S/C9H9ClN2O3/c1-11(2)9(13)6-4-3-5-7(10)8(6)12(14)15/h3-5H,1-2H3. The zero-order valence-electron chi connectivity index (χ0n) is 8.23. The molecule has 0 aromatic heterocycles. The van der Waals surface area contributed by atoms with E-state index in [9.17, 15) is 14.9 Å². The smallest absolute Gasteiger partial charge is 0.300 e. The summed E-state index contributed by atoms with van der Waals surface area (Å²) >= 11 is 5.66. The Morgan fingerprint density at radius 3 is 2.53 bits per heavy atom. The maximum atomic E-state index is 11.6. The molecular formula is C9H9ClN2O3. The largest absolute Gasteiger partial charge is 0.345 e. The van der Waals surface area contributed by atoms with E-state index in [4.69, 9.17) is 11.6 Å². The third kappa shape index (κ3) is 2.24. The van der Waals surface area contributed by atoms with Crippen LogP contribution in [-0.4, -0.2) is 29.8 Å². The van der Waals surface area contributed by atoms with Crippen LogP contribution in [-0.2, 0) is 0 Å². The lowest BCUT2D eigenvalue weighted by atomic mass is 10.1. The zero-order valence-corrected chi connectivity index (χ0v) is 8.99. The molecule has 1 amide bonds. The molecule has 0 bridgehead atoms. The third-order valence-corrected chi connectivity index (χ3v) is 2.11. The third-order valence-electron chi connectivity index (χ3n) is 1.81. The molecule has 6 heteroatoms. The molecule has 0 saturated heterocycles. The van der Waals surface area contributed by atoms with E-state index in [0.29, 0.717) is 0 Å². The van der Waals surface area contributed by atoms with E-state index in [1.165, 1.54) is 37.2 Å². The maximum Gasteiger partial charge on any atom is 0.300 e. The number of para-hydroxylation sites is 1. The SMILES string of the molecule is CN(C)C(=O)c1cccc(Cl)c1[N+](=O)[O-]. The highest BCUT2D eigenvalue weighted by molar-refractivity contribution is 6.33. The number of amides is 1. The molecule has 0 aliphatic carbocycles. The number of benzene rings is 1. The molecule has 1 aromatic rings. The number of nitrogens with zero attached hydrogens (tertiary/aromatic N) is 2. The van der Waals surface area contributed by atoms with Gasteiger partial charge >= 0.3 is 5.69 Å². The lowest BCUT2D eigenvalue weighted by Gasteiger charge is -2.10. The van der Waals surface area contributed by atoms with E-state index in [-0.39, 0.29) is 16.3 Å². The predicted molar refractivity (Wildman–Crippen MR) is 56.1 cm³/mol. The Morgan fingerprint density at radius 2 is 2.07 bits per heavy atom. The number of nitro benzene ring substituents is 1. The van der Waals surface area contributed by atoms with E-state index in [0.717, 1.165) is 0 Å². The van der Waals surface area contributed by atoms with Crippen molar-refractivity contribution in [3.8, 4) is 0 Å². The van der Waals surface area contributed by atoms with Gasteiger partial charge in [0.2, 0.25) is 0 Å². The van der Waals surface area contributed by atoms with E-state index >= 15 is 0 Å². The van der Waals surface area contributed by atoms with E-state index in [1.807, 2.05) is 0 Å². The highest BCUT2D eigenvalue weighted by Crippen LogP contribution is 2.28. The average Bonchev–Trinajstić information content (AvgIpc) is 2.15. The Labute approximate surface area is 91.4 Å². The van der Waals surface area contributed by atoms with Crippen molar-refractivity contribution in [2.24, 2.45) is 0 Å². The summed E-state index contributed by atoms with van der Waals surface area (Å²) in [6.45, 7) is 0. The van der Waals surface area contributed by atoms with Crippen molar-refractivity contribution in [1.29, 1.82) is 0 Å². The fourth-order valence-electron chi connectivity index (χ4n) is 1.11. The van der Waals surface area contributed by atoms with Crippen molar-refractivity contribution in [2.45, 2.75) is 0 Å². The van der Waals surface area contributed by atoms with Gasteiger partial charge in [0.05, 0.1) is 4.92 Å². The summed E-state index contributed by atoms with van der Waals surface area (Å²) in [7, 11) is 3.04. The number of carbonyl (C=O) groups is 1. The summed E-state index contributed by atoms with van der Waals surface area (Å²) in [5.74, 6) is -0.441. The van der Waals surface area contributed by atoms with Gasteiger partial charge in [-0.1, -0.05) is 17.7 Å². The molecule has 80 valence electrons. The molecule has 0 radical (unpaired) electrons. The molecule has 0 N–H and O–H groups in total. The Balaban J connectivity index is 3.35. The van der Waals surface area contributed by atoms with Gasteiger partial charge in [-0.05, 0) is 12.1 Å². The lowest BCUT2D eigenvalue weighted by molar-refractivity contribution is -0.385. The predicted octanol–water partition coefficient (Wildman–Crippen LogP) is 1.95. The first-order valence-electron chi connectivity index (χ1n) is 4.09. The van der Waals surface area contributed by atoms with E-state index < -0.39 is 10.8 Å². The van der Waals surface area contributed by atoms with Gasteiger partial charge < -0.3 is 4.90 Å². The van der Waals surface area contributed by atoms with E-state index in [1.54, 1.807) is 0 Å². The van der Waals surface area contributed by atoms with Crippen LogP contribution < -0.4 is 0 Å². The molecule has 1 rings (SSSR count). The summed E-state index contributed by atoms with van der Waals surface area (Å²) in [6, 6.07) is 4.27. The summed E-state index contributed by atoms with van der Waals surface area (Å²) in [4.78, 5) is 22.9. The van der Waals surface area contributed by atoms with Gasteiger partial charge in [0, 0.05) is 14.1 Å². The topological polar surface area (TPSA) is 63.5 Å². The van der Waals surface area contributed by atoms with Crippen molar-refractivity contribution in [1.82, 2.24) is 4.90 Å². The van der Waals surface area contributed by atoms with Gasteiger partial charge in [0.1, 0.15) is 10.6 Å². The van der Waals surface area contributed by atoms with Gasteiger partial charge in [0.15, 0.2) is 0 Å². The number of hydrogen-bond donors (Lipinski definition) is 0. The molecule has 0 atom stereocenters. The molecule has 15 heavy (non-hydrogen) atoms. The molecule has 0 saturated carbocycles. The molecule has 0 heterocycles. The van der Waals surface area contributed by atoms with Crippen LogP contribution in [0, 0.1) is 10.1 Å². The summed E-state index contributed by atoms with van der Waals surface area (Å²) in [6.07, 6.45) is 0. The number of carbonyl (C=O) groups excluding carboxylic acids is 1. The Kier molecular flexibility index (Phi) is 3.26. The molecule has 0 aliphatic rings. The first-order chi connectivity index (χ1) is 6.95. The molecule has 0 fully saturated rings. The van der Waals surface area contributed by atoms with Gasteiger partial charge in [-0.15, -0.1) is 0 Å². The van der Waals surface area contributed by atoms with Crippen LogP contribution in [0.2, 0.25) is 5.02 Å². The van der Waals surface area contributed by atoms with Gasteiger partial charge in [-0.25, -0.2) is 0 Å². The summed E-state index contributed by atoms with van der Waals surface area (Å²) in [5.41, 5.74) is -0.352. The normalized spacial score (nSPS) is 9.80. The van der Waals surface area contributed by atoms with Crippen LogP contribution >= 0.6 is 11.6 Å². The van der Waals surface area contributed by atoms with Gasteiger partial charge in [-0.3, -0.25) is 14.9 Å². The van der Waals surface area contributed by atoms with Crippen molar-refractivity contribution >= 4 is 23.2 Å². The minimum absolute atomic E-state index is 0.00231. The second kappa shape index (κ2) is 4.27. The molecule has 0 spiro atoms. The number of nitro groups is 1.